The van der Waals surface area contributed by atoms with E-state index >= 15 is 0 Å². The van der Waals surface area contributed by atoms with Gasteiger partial charge >= 0.3 is 6.61 Å². The maximum absolute atomic E-state index is 12.2. The van der Waals surface area contributed by atoms with Crippen LogP contribution in [0, 0.1) is 0 Å². The standard InChI is InChI=1S/C16H24F2N2O/c1-11-4-3-5-14(10-19)20(11)12(2)13-6-8-15(9-7-13)21-16(17)18/h6-9,11-12,14,16H,3-5,10,19H2,1-2H3. The molecule has 0 radical (unpaired) electrons. The molecule has 0 amide bonds. The van der Waals surface area contributed by atoms with Crippen LogP contribution in [-0.2, 0) is 0 Å². The van der Waals surface area contributed by atoms with E-state index in [1.54, 1.807) is 12.1 Å². The molecule has 118 valence electrons. The second-order valence-corrected chi connectivity index (χ2v) is 5.74. The molecule has 0 aromatic heterocycles. The lowest BCUT2D eigenvalue weighted by Gasteiger charge is -2.44. The maximum Gasteiger partial charge on any atom is 0.387 e. The van der Waals surface area contributed by atoms with Crippen LogP contribution in [0.1, 0.15) is 44.7 Å². The van der Waals surface area contributed by atoms with Crippen LogP contribution in [0.3, 0.4) is 0 Å². The quantitative estimate of drug-likeness (QED) is 0.903. The van der Waals surface area contributed by atoms with Gasteiger partial charge in [0.2, 0.25) is 0 Å². The Bertz CT molecular complexity index is 438. The fraction of sp³-hybridized carbons (Fsp3) is 0.625. The number of nitrogens with zero attached hydrogens (tertiary/aromatic N) is 1. The SMILES string of the molecule is CC1CCCC(CN)N1C(C)c1ccc(OC(F)F)cc1. The van der Waals surface area contributed by atoms with Gasteiger partial charge in [0.1, 0.15) is 5.75 Å². The third-order valence-corrected chi connectivity index (χ3v) is 4.40. The van der Waals surface area contributed by atoms with Gasteiger partial charge < -0.3 is 10.5 Å². The number of alkyl halides is 2. The minimum atomic E-state index is -2.78. The second-order valence-electron chi connectivity index (χ2n) is 5.74. The summed E-state index contributed by atoms with van der Waals surface area (Å²) >= 11 is 0. The van der Waals surface area contributed by atoms with Gasteiger partial charge in [-0.15, -0.1) is 0 Å². The molecule has 1 aromatic carbocycles. The Morgan fingerprint density at radius 1 is 1.29 bits per heavy atom. The number of benzene rings is 1. The van der Waals surface area contributed by atoms with Gasteiger partial charge in [0, 0.05) is 24.7 Å². The van der Waals surface area contributed by atoms with Gasteiger partial charge in [-0.05, 0) is 44.4 Å². The highest BCUT2D eigenvalue weighted by molar-refractivity contribution is 5.29. The molecule has 1 aliphatic heterocycles. The van der Waals surface area contributed by atoms with Crippen molar-refractivity contribution in [3.63, 3.8) is 0 Å². The highest BCUT2D eigenvalue weighted by Crippen LogP contribution is 2.32. The highest BCUT2D eigenvalue weighted by Gasteiger charge is 2.31. The largest absolute Gasteiger partial charge is 0.435 e. The highest BCUT2D eigenvalue weighted by atomic mass is 19.3. The zero-order chi connectivity index (χ0) is 15.4. The van der Waals surface area contributed by atoms with Crippen molar-refractivity contribution in [2.45, 2.75) is 57.8 Å². The lowest BCUT2D eigenvalue weighted by Crippen LogP contribution is -2.49. The van der Waals surface area contributed by atoms with Gasteiger partial charge in [0.05, 0.1) is 0 Å². The van der Waals surface area contributed by atoms with Crippen LogP contribution >= 0.6 is 0 Å². The van der Waals surface area contributed by atoms with E-state index in [0.717, 1.165) is 12.0 Å². The van der Waals surface area contributed by atoms with Crippen molar-refractivity contribution >= 4 is 0 Å². The molecule has 1 fully saturated rings. The van der Waals surface area contributed by atoms with Crippen molar-refractivity contribution in [1.29, 1.82) is 0 Å². The molecular weight excluding hydrogens is 274 g/mol. The Kier molecular flexibility index (Phi) is 5.53. The maximum atomic E-state index is 12.2. The van der Waals surface area contributed by atoms with Crippen molar-refractivity contribution in [2.75, 3.05) is 6.54 Å². The smallest absolute Gasteiger partial charge is 0.387 e. The average molecular weight is 298 g/mol. The van der Waals surface area contributed by atoms with Crippen LogP contribution in [0.15, 0.2) is 24.3 Å². The van der Waals surface area contributed by atoms with Gasteiger partial charge in [-0.2, -0.15) is 8.78 Å². The summed E-state index contributed by atoms with van der Waals surface area (Å²) in [5.41, 5.74) is 7.01. The summed E-state index contributed by atoms with van der Waals surface area (Å²) in [7, 11) is 0. The van der Waals surface area contributed by atoms with E-state index in [1.807, 2.05) is 12.1 Å². The first-order chi connectivity index (χ1) is 10.0. The monoisotopic (exact) mass is 298 g/mol. The van der Waals surface area contributed by atoms with E-state index in [1.165, 1.54) is 12.8 Å². The van der Waals surface area contributed by atoms with Crippen LogP contribution < -0.4 is 10.5 Å². The number of rotatable bonds is 5. The molecule has 0 bridgehead atoms. The zero-order valence-electron chi connectivity index (χ0n) is 12.6. The third-order valence-electron chi connectivity index (χ3n) is 4.40. The molecule has 0 saturated carbocycles. The fourth-order valence-corrected chi connectivity index (χ4v) is 3.34. The Labute approximate surface area is 125 Å². The first-order valence-corrected chi connectivity index (χ1v) is 7.55. The van der Waals surface area contributed by atoms with E-state index in [-0.39, 0.29) is 11.8 Å². The molecule has 3 nitrogen and oxygen atoms in total. The summed E-state index contributed by atoms with van der Waals surface area (Å²) in [6, 6.07) is 8.01. The van der Waals surface area contributed by atoms with E-state index in [9.17, 15) is 8.78 Å². The molecule has 0 spiro atoms. The van der Waals surface area contributed by atoms with Gasteiger partial charge in [-0.1, -0.05) is 18.6 Å². The molecule has 5 heteroatoms. The molecule has 3 atom stereocenters. The van der Waals surface area contributed by atoms with Crippen LogP contribution in [0.25, 0.3) is 0 Å². The number of halogens is 2. The predicted octanol–water partition coefficient (Wildman–Crippen LogP) is 3.55. The van der Waals surface area contributed by atoms with Gasteiger partial charge in [-0.25, -0.2) is 0 Å². The molecule has 21 heavy (non-hydrogen) atoms. The van der Waals surface area contributed by atoms with Gasteiger partial charge in [-0.3, -0.25) is 4.90 Å². The summed E-state index contributed by atoms with van der Waals surface area (Å²) in [5.74, 6) is 0.197. The van der Waals surface area contributed by atoms with Crippen LogP contribution in [0.4, 0.5) is 8.78 Å². The fourth-order valence-electron chi connectivity index (χ4n) is 3.34. The predicted molar refractivity (Wildman–Crippen MR) is 79.5 cm³/mol. The lowest BCUT2D eigenvalue weighted by molar-refractivity contribution is -0.0498. The molecule has 1 heterocycles. The summed E-state index contributed by atoms with van der Waals surface area (Å²) in [5, 5.41) is 0. The van der Waals surface area contributed by atoms with Gasteiger partial charge in [0.15, 0.2) is 0 Å². The van der Waals surface area contributed by atoms with E-state index in [2.05, 4.69) is 23.5 Å². The molecular formula is C16H24F2N2O. The van der Waals surface area contributed by atoms with Crippen molar-refractivity contribution in [1.82, 2.24) is 4.90 Å². The van der Waals surface area contributed by atoms with E-state index in [4.69, 9.17) is 5.73 Å². The number of hydrogen-bond donors (Lipinski definition) is 1. The van der Waals surface area contributed by atoms with Crippen molar-refractivity contribution < 1.29 is 13.5 Å². The number of piperidine rings is 1. The molecule has 1 aromatic rings. The number of likely N-dealkylation sites (tertiary alicyclic amines) is 1. The molecule has 1 aliphatic rings. The molecule has 2 rings (SSSR count). The topological polar surface area (TPSA) is 38.5 Å². The first kappa shape index (κ1) is 16.2. The molecule has 3 unspecified atom stereocenters. The number of ether oxygens (including phenoxy) is 1. The van der Waals surface area contributed by atoms with Crippen LogP contribution in [0.5, 0.6) is 5.75 Å². The summed E-state index contributed by atoms with van der Waals surface area (Å²) in [6.07, 6.45) is 3.51. The minimum Gasteiger partial charge on any atom is -0.435 e. The molecule has 1 saturated heterocycles. The Morgan fingerprint density at radius 2 is 1.95 bits per heavy atom. The third kappa shape index (κ3) is 3.92. The normalized spacial score (nSPS) is 25.0. The Morgan fingerprint density at radius 3 is 2.52 bits per heavy atom. The van der Waals surface area contributed by atoms with E-state index < -0.39 is 6.61 Å². The van der Waals surface area contributed by atoms with Crippen LogP contribution in [-0.4, -0.2) is 30.1 Å². The van der Waals surface area contributed by atoms with E-state index in [0.29, 0.717) is 18.6 Å². The lowest BCUT2D eigenvalue weighted by atomic mass is 9.92. The molecule has 0 aliphatic carbocycles. The molecule has 2 N–H and O–H groups in total. The summed E-state index contributed by atoms with van der Waals surface area (Å²) < 4.78 is 28.7. The Balaban J connectivity index is 2.12. The van der Waals surface area contributed by atoms with Crippen molar-refractivity contribution in [3.8, 4) is 5.75 Å². The average Bonchev–Trinajstić information content (AvgIpc) is 2.46. The first-order valence-electron chi connectivity index (χ1n) is 7.55. The number of nitrogens with two attached hydrogens (primary N) is 1. The Hall–Kier alpha value is -1.20. The van der Waals surface area contributed by atoms with Crippen molar-refractivity contribution in [3.05, 3.63) is 29.8 Å². The summed E-state index contributed by atoms with van der Waals surface area (Å²) in [4.78, 5) is 2.45. The second kappa shape index (κ2) is 7.18. The number of hydrogen-bond acceptors (Lipinski definition) is 3. The zero-order valence-corrected chi connectivity index (χ0v) is 12.6. The minimum absolute atomic E-state index is 0.197. The van der Waals surface area contributed by atoms with Crippen LogP contribution in [0.2, 0.25) is 0 Å². The van der Waals surface area contributed by atoms with Gasteiger partial charge in [0.25, 0.3) is 0 Å². The van der Waals surface area contributed by atoms with Crippen molar-refractivity contribution in [2.24, 2.45) is 5.73 Å². The summed E-state index contributed by atoms with van der Waals surface area (Å²) in [6.45, 7) is 2.25.